The molecule has 0 radical (unpaired) electrons. The second-order valence-electron chi connectivity index (χ2n) is 3.66. The Morgan fingerprint density at radius 2 is 2.14 bits per heavy atom. The molecule has 1 unspecified atom stereocenters. The fraction of sp³-hybridized carbons (Fsp3) is 0.545. The van der Waals surface area contributed by atoms with Gasteiger partial charge in [0.25, 0.3) is 0 Å². The van der Waals surface area contributed by atoms with Crippen LogP contribution in [0, 0.1) is 0 Å². The predicted octanol–water partition coefficient (Wildman–Crippen LogP) is 1.36. The molecule has 0 aliphatic heterocycles. The lowest BCUT2D eigenvalue weighted by molar-refractivity contribution is -0.123. The second-order valence-corrected chi connectivity index (χ2v) is 3.66. The minimum absolute atomic E-state index is 0.326. The molecule has 0 rings (SSSR count). The van der Waals surface area contributed by atoms with Gasteiger partial charge in [-0.1, -0.05) is 23.8 Å². The van der Waals surface area contributed by atoms with E-state index in [2.05, 4.69) is 5.32 Å². The van der Waals surface area contributed by atoms with E-state index in [9.17, 15) is 4.79 Å². The zero-order valence-corrected chi connectivity index (χ0v) is 9.42. The number of rotatable bonds is 5. The summed E-state index contributed by atoms with van der Waals surface area (Å²) in [5.74, 6) is -0.326. The van der Waals surface area contributed by atoms with E-state index in [-0.39, 0.29) is 5.91 Å². The van der Waals surface area contributed by atoms with Crippen LogP contribution in [0.2, 0.25) is 0 Å². The minimum atomic E-state index is -0.651. The van der Waals surface area contributed by atoms with Crippen molar-refractivity contribution in [3.63, 3.8) is 0 Å². The highest BCUT2D eigenvalue weighted by Gasteiger charge is 2.28. The number of nitrogens with one attached hydrogen (secondary N) is 1. The summed E-state index contributed by atoms with van der Waals surface area (Å²) in [6, 6.07) is 0. The summed E-state index contributed by atoms with van der Waals surface area (Å²) in [6.45, 7) is 5.75. The molecular formula is C11H20N2O. The number of carbonyl (C=O) groups excluding carboxylic acids is 1. The van der Waals surface area contributed by atoms with Crippen LogP contribution in [-0.4, -0.2) is 18.5 Å². The van der Waals surface area contributed by atoms with Crippen LogP contribution in [0.25, 0.3) is 0 Å². The fourth-order valence-electron chi connectivity index (χ4n) is 1.18. The molecule has 0 aromatic heterocycles. The normalized spacial score (nSPS) is 17.0. The zero-order valence-electron chi connectivity index (χ0n) is 9.42. The molecule has 0 aliphatic carbocycles. The molecule has 0 spiro atoms. The van der Waals surface area contributed by atoms with Crippen LogP contribution >= 0.6 is 0 Å². The Morgan fingerprint density at radius 1 is 1.57 bits per heavy atom. The highest BCUT2D eigenvalue weighted by atomic mass is 16.1. The molecule has 0 heterocycles. The summed E-state index contributed by atoms with van der Waals surface area (Å²) in [6.07, 6.45) is 6.51. The average Bonchev–Trinajstić information content (AvgIpc) is 2.14. The molecule has 3 nitrogen and oxygen atoms in total. The number of hydrogen-bond acceptors (Lipinski definition) is 2. The van der Waals surface area contributed by atoms with E-state index in [1.807, 2.05) is 39.0 Å². The molecule has 0 fully saturated rings. The topological polar surface area (TPSA) is 55.1 Å². The van der Waals surface area contributed by atoms with Crippen molar-refractivity contribution in [3.05, 3.63) is 23.8 Å². The summed E-state index contributed by atoms with van der Waals surface area (Å²) >= 11 is 0. The van der Waals surface area contributed by atoms with E-state index in [0.29, 0.717) is 6.42 Å². The van der Waals surface area contributed by atoms with Crippen LogP contribution in [-0.2, 0) is 4.79 Å². The lowest BCUT2D eigenvalue weighted by atomic mass is 9.92. The van der Waals surface area contributed by atoms with E-state index in [4.69, 9.17) is 5.73 Å². The third kappa shape index (κ3) is 3.75. The van der Waals surface area contributed by atoms with E-state index in [1.165, 1.54) is 0 Å². The van der Waals surface area contributed by atoms with Gasteiger partial charge in [0.05, 0.1) is 5.54 Å². The number of allylic oxidation sites excluding steroid dienone is 3. The predicted molar refractivity (Wildman–Crippen MR) is 59.8 cm³/mol. The Kier molecular flexibility index (Phi) is 5.16. The Hall–Kier alpha value is -1.09. The molecule has 1 atom stereocenters. The van der Waals surface area contributed by atoms with Crippen molar-refractivity contribution in [2.75, 3.05) is 7.05 Å². The molecule has 0 aromatic rings. The van der Waals surface area contributed by atoms with Crippen molar-refractivity contribution in [1.29, 1.82) is 0 Å². The molecule has 0 saturated heterocycles. The summed E-state index contributed by atoms with van der Waals surface area (Å²) in [4.78, 5) is 11.2. The summed E-state index contributed by atoms with van der Waals surface area (Å²) in [5, 5.41) is 2.95. The molecule has 1 amide bonds. The largest absolute Gasteiger partial charge is 0.368 e. The van der Waals surface area contributed by atoms with Gasteiger partial charge in [0, 0.05) is 0 Å². The Morgan fingerprint density at radius 3 is 2.50 bits per heavy atom. The maximum absolute atomic E-state index is 11.2. The monoisotopic (exact) mass is 196 g/mol. The van der Waals surface area contributed by atoms with Crippen LogP contribution in [0.5, 0.6) is 0 Å². The fourth-order valence-corrected chi connectivity index (χ4v) is 1.18. The van der Waals surface area contributed by atoms with Crippen LogP contribution in [0.1, 0.15) is 27.2 Å². The van der Waals surface area contributed by atoms with Crippen molar-refractivity contribution in [1.82, 2.24) is 5.32 Å². The van der Waals surface area contributed by atoms with Gasteiger partial charge in [-0.25, -0.2) is 0 Å². The number of amides is 1. The summed E-state index contributed by atoms with van der Waals surface area (Å²) < 4.78 is 0. The van der Waals surface area contributed by atoms with Gasteiger partial charge in [0.15, 0.2) is 0 Å². The van der Waals surface area contributed by atoms with Crippen molar-refractivity contribution in [3.8, 4) is 0 Å². The smallest absolute Gasteiger partial charge is 0.237 e. The zero-order chi connectivity index (χ0) is 11.2. The van der Waals surface area contributed by atoms with Crippen LogP contribution in [0.3, 0.4) is 0 Å². The van der Waals surface area contributed by atoms with E-state index >= 15 is 0 Å². The third-order valence-electron chi connectivity index (χ3n) is 2.30. The van der Waals surface area contributed by atoms with Crippen LogP contribution in [0.4, 0.5) is 0 Å². The minimum Gasteiger partial charge on any atom is -0.368 e. The first-order valence-electron chi connectivity index (χ1n) is 4.73. The van der Waals surface area contributed by atoms with Gasteiger partial charge in [-0.3, -0.25) is 4.79 Å². The number of hydrogen-bond donors (Lipinski definition) is 2. The van der Waals surface area contributed by atoms with Crippen molar-refractivity contribution in [2.24, 2.45) is 5.73 Å². The number of nitrogens with two attached hydrogens (primary N) is 1. The van der Waals surface area contributed by atoms with Gasteiger partial charge >= 0.3 is 0 Å². The lowest BCUT2D eigenvalue weighted by Crippen LogP contribution is -2.51. The standard InChI is InChI=1S/C11H20N2O/c1-5-6-7-9(2)8-11(3,13-4)10(12)14/h5-7,13H,8H2,1-4H3,(H2,12,14)/b6-5-,9-7+. The molecule has 3 heteroatoms. The molecule has 0 aliphatic rings. The lowest BCUT2D eigenvalue weighted by Gasteiger charge is -2.25. The van der Waals surface area contributed by atoms with Crippen LogP contribution in [0.15, 0.2) is 23.8 Å². The number of carbonyl (C=O) groups is 1. The molecule has 0 aromatic carbocycles. The summed E-state index contributed by atoms with van der Waals surface area (Å²) in [5.41, 5.74) is 5.78. The van der Waals surface area contributed by atoms with E-state index < -0.39 is 5.54 Å². The van der Waals surface area contributed by atoms with Crippen molar-refractivity contribution < 1.29 is 4.79 Å². The Labute approximate surface area is 86.1 Å². The molecular weight excluding hydrogens is 176 g/mol. The van der Waals surface area contributed by atoms with Gasteiger partial charge in [0.2, 0.25) is 5.91 Å². The van der Waals surface area contributed by atoms with Crippen molar-refractivity contribution in [2.45, 2.75) is 32.7 Å². The SMILES string of the molecule is C/C=C\C=C(/C)CC(C)(NC)C(N)=O. The number of likely N-dealkylation sites (N-methyl/N-ethyl adjacent to an activating group) is 1. The van der Waals surface area contributed by atoms with Crippen LogP contribution < -0.4 is 11.1 Å². The first-order chi connectivity index (χ1) is 6.46. The maximum atomic E-state index is 11.2. The van der Waals surface area contributed by atoms with E-state index in [1.54, 1.807) is 7.05 Å². The average molecular weight is 196 g/mol. The molecule has 0 saturated carbocycles. The highest BCUT2D eigenvalue weighted by molar-refractivity contribution is 5.84. The molecule has 0 bridgehead atoms. The molecule has 14 heavy (non-hydrogen) atoms. The molecule has 3 N–H and O–H groups in total. The van der Waals surface area contributed by atoms with E-state index in [0.717, 1.165) is 5.57 Å². The second kappa shape index (κ2) is 5.60. The van der Waals surface area contributed by atoms with Gasteiger partial charge in [0.1, 0.15) is 0 Å². The first kappa shape index (κ1) is 12.9. The maximum Gasteiger partial charge on any atom is 0.237 e. The van der Waals surface area contributed by atoms with Gasteiger partial charge in [-0.05, 0) is 34.2 Å². The van der Waals surface area contributed by atoms with Crippen molar-refractivity contribution >= 4 is 5.91 Å². The Balaban J connectivity index is 4.54. The van der Waals surface area contributed by atoms with Gasteiger partial charge in [-0.15, -0.1) is 0 Å². The molecule has 80 valence electrons. The third-order valence-corrected chi connectivity index (χ3v) is 2.30. The quantitative estimate of drug-likeness (QED) is 0.652. The van der Waals surface area contributed by atoms with Gasteiger partial charge < -0.3 is 11.1 Å². The van der Waals surface area contributed by atoms with Gasteiger partial charge in [-0.2, -0.15) is 0 Å². The highest BCUT2D eigenvalue weighted by Crippen LogP contribution is 2.15. The first-order valence-corrected chi connectivity index (χ1v) is 4.73. The summed E-state index contributed by atoms with van der Waals surface area (Å²) in [7, 11) is 1.74. The number of primary amides is 1. The Bertz CT molecular complexity index is 256.